The largest absolute Gasteiger partial charge is 0.355 e. The van der Waals surface area contributed by atoms with Crippen LogP contribution in [0, 0.1) is 0 Å². The summed E-state index contributed by atoms with van der Waals surface area (Å²) in [5.41, 5.74) is 2.02. The number of amides is 2. The third-order valence-electron chi connectivity index (χ3n) is 3.35. The molecule has 1 aromatic rings. The molecule has 4 nitrogen and oxygen atoms in total. The van der Waals surface area contributed by atoms with Crippen molar-refractivity contribution in [3.63, 3.8) is 0 Å². The normalized spacial score (nSPS) is 14.2. The Kier molecular flexibility index (Phi) is 4.55. The molecule has 2 amide bonds. The molecule has 0 aliphatic carbocycles. The number of carbonyl (C=O) groups excluding carboxylic acids is 2. The number of rotatable bonds is 5. The topological polar surface area (TPSA) is 49.4 Å². The summed E-state index contributed by atoms with van der Waals surface area (Å²) >= 11 is 0. The van der Waals surface area contributed by atoms with Gasteiger partial charge in [-0.15, -0.1) is 0 Å². The van der Waals surface area contributed by atoms with Crippen molar-refractivity contribution in [1.82, 2.24) is 5.32 Å². The Bertz CT molecular complexity index is 471. The summed E-state index contributed by atoms with van der Waals surface area (Å²) in [6, 6.07) is 7.79. The van der Waals surface area contributed by atoms with Gasteiger partial charge in [0, 0.05) is 18.7 Å². The fourth-order valence-corrected chi connectivity index (χ4v) is 2.27. The van der Waals surface area contributed by atoms with Gasteiger partial charge in [-0.1, -0.05) is 31.5 Å². The van der Waals surface area contributed by atoms with Crippen molar-refractivity contribution in [3.8, 4) is 0 Å². The van der Waals surface area contributed by atoms with Gasteiger partial charge in [0.2, 0.25) is 11.8 Å². The molecule has 0 saturated heterocycles. The highest BCUT2D eigenvalue weighted by atomic mass is 16.2. The molecule has 0 fully saturated rings. The molecule has 0 atom stereocenters. The van der Waals surface area contributed by atoms with E-state index >= 15 is 0 Å². The molecule has 1 aliphatic rings. The molecule has 19 heavy (non-hydrogen) atoms. The number of benzene rings is 1. The van der Waals surface area contributed by atoms with Crippen LogP contribution in [-0.2, 0) is 16.0 Å². The smallest absolute Gasteiger partial charge is 0.240 e. The van der Waals surface area contributed by atoms with Crippen LogP contribution in [0.1, 0.15) is 31.7 Å². The fraction of sp³-hybridized carbons (Fsp3) is 0.467. The molecule has 1 aliphatic heterocycles. The number of nitrogens with one attached hydrogen (secondary N) is 1. The first kappa shape index (κ1) is 13.6. The number of anilines is 1. The average Bonchev–Trinajstić information content (AvgIpc) is 2.42. The Morgan fingerprint density at radius 3 is 2.89 bits per heavy atom. The molecule has 0 aromatic heterocycles. The summed E-state index contributed by atoms with van der Waals surface area (Å²) in [4.78, 5) is 25.4. The molecule has 102 valence electrons. The second-order valence-electron chi connectivity index (χ2n) is 4.81. The van der Waals surface area contributed by atoms with Gasteiger partial charge in [-0.25, -0.2) is 0 Å². The lowest BCUT2D eigenvalue weighted by molar-refractivity contribution is -0.124. The maximum absolute atomic E-state index is 12.0. The van der Waals surface area contributed by atoms with Crippen LogP contribution in [0.4, 0.5) is 5.69 Å². The van der Waals surface area contributed by atoms with Crippen LogP contribution in [-0.4, -0.2) is 24.9 Å². The number of unbranched alkanes of at least 4 members (excludes halogenated alkanes) is 1. The van der Waals surface area contributed by atoms with Crippen LogP contribution in [0.2, 0.25) is 0 Å². The minimum absolute atomic E-state index is 0.0318. The van der Waals surface area contributed by atoms with Crippen molar-refractivity contribution >= 4 is 17.5 Å². The molecule has 4 heteroatoms. The SMILES string of the molecule is CCCCNC(=O)CN1C(=O)CCc2ccccc21. The van der Waals surface area contributed by atoms with Crippen molar-refractivity contribution < 1.29 is 9.59 Å². The molecule has 0 saturated carbocycles. The number of hydrogen-bond acceptors (Lipinski definition) is 2. The maximum Gasteiger partial charge on any atom is 0.240 e. The van der Waals surface area contributed by atoms with E-state index in [1.54, 1.807) is 4.90 Å². The summed E-state index contributed by atoms with van der Waals surface area (Å²) in [5, 5.41) is 2.85. The van der Waals surface area contributed by atoms with Crippen LogP contribution >= 0.6 is 0 Å². The molecule has 0 spiro atoms. The van der Waals surface area contributed by atoms with Gasteiger partial charge in [0.05, 0.1) is 0 Å². The van der Waals surface area contributed by atoms with Gasteiger partial charge in [-0.3, -0.25) is 9.59 Å². The zero-order chi connectivity index (χ0) is 13.7. The predicted octanol–water partition coefficient (Wildman–Crippen LogP) is 1.88. The summed E-state index contributed by atoms with van der Waals surface area (Å²) < 4.78 is 0. The summed E-state index contributed by atoms with van der Waals surface area (Å²) in [6.07, 6.45) is 3.27. The molecule has 2 rings (SSSR count). The number of para-hydroxylation sites is 1. The lowest BCUT2D eigenvalue weighted by Crippen LogP contribution is -2.43. The van der Waals surface area contributed by atoms with Gasteiger partial charge in [-0.2, -0.15) is 0 Å². The fourth-order valence-electron chi connectivity index (χ4n) is 2.27. The number of fused-ring (bicyclic) bond motifs is 1. The zero-order valence-electron chi connectivity index (χ0n) is 11.3. The van der Waals surface area contributed by atoms with Gasteiger partial charge >= 0.3 is 0 Å². The first-order valence-electron chi connectivity index (χ1n) is 6.87. The first-order chi connectivity index (χ1) is 9.22. The van der Waals surface area contributed by atoms with E-state index in [1.807, 2.05) is 24.3 Å². The minimum Gasteiger partial charge on any atom is -0.355 e. The first-order valence-corrected chi connectivity index (χ1v) is 6.87. The predicted molar refractivity (Wildman–Crippen MR) is 75.0 cm³/mol. The van der Waals surface area contributed by atoms with Crippen molar-refractivity contribution in [1.29, 1.82) is 0 Å². The van der Waals surface area contributed by atoms with Gasteiger partial charge < -0.3 is 10.2 Å². The molecule has 0 unspecified atom stereocenters. The van der Waals surface area contributed by atoms with E-state index in [4.69, 9.17) is 0 Å². The Labute approximate surface area is 113 Å². The molecule has 1 heterocycles. The van der Waals surface area contributed by atoms with E-state index in [0.717, 1.165) is 30.5 Å². The highest BCUT2D eigenvalue weighted by Gasteiger charge is 2.25. The lowest BCUT2D eigenvalue weighted by Gasteiger charge is -2.28. The minimum atomic E-state index is -0.0847. The van der Waals surface area contributed by atoms with Crippen LogP contribution in [0.15, 0.2) is 24.3 Å². The van der Waals surface area contributed by atoms with Gasteiger partial charge in [0.25, 0.3) is 0 Å². The molecular formula is C15H20N2O2. The lowest BCUT2D eigenvalue weighted by atomic mass is 10.0. The quantitative estimate of drug-likeness (QED) is 0.822. The van der Waals surface area contributed by atoms with Crippen molar-refractivity contribution in [2.75, 3.05) is 18.0 Å². The van der Waals surface area contributed by atoms with Crippen LogP contribution in [0.25, 0.3) is 0 Å². The summed E-state index contributed by atoms with van der Waals surface area (Å²) in [5.74, 6) is -0.0529. The number of hydrogen-bond donors (Lipinski definition) is 1. The monoisotopic (exact) mass is 260 g/mol. The Morgan fingerprint density at radius 1 is 1.32 bits per heavy atom. The van der Waals surface area contributed by atoms with E-state index in [1.165, 1.54) is 0 Å². The highest BCUT2D eigenvalue weighted by Crippen LogP contribution is 2.26. The third kappa shape index (κ3) is 3.34. The van der Waals surface area contributed by atoms with E-state index < -0.39 is 0 Å². The molecule has 1 N–H and O–H groups in total. The highest BCUT2D eigenvalue weighted by molar-refractivity contribution is 6.00. The Balaban J connectivity index is 2.03. The zero-order valence-corrected chi connectivity index (χ0v) is 11.3. The van der Waals surface area contributed by atoms with Gasteiger partial charge in [-0.05, 0) is 24.5 Å². The molecular weight excluding hydrogens is 240 g/mol. The Hall–Kier alpha value is -1.84. The molecule has 0 bridgehead atoms. The van der Waals surface area contributed by atoms with E-state index in [0.29, 0.717) is 13.0 Å². The second-order valence-corrected chi connectivity index (χ2v) is 4.81. The summed E-state index contributed by atoms with van der Waals surface area (Å²) in [7, 11) is 0. The third-order valence-corrected chi connectivity index (χ3v) is 3.35. The van der Waals surface area contributed by atoms with Gasteiger partial charge in [0.1, 0.15) is 6.54 Å². The number of carbonyl (C=O) groups is 2. The van der Waals surface area contributed by atoms with Crippen molar-refractivity contribution in [3.05, 3.63) is 29.8 Å². The van der Waals surface area contributed by atoms with Crippen molar-refractivity contribution in [2.45, 2.75) is 32.6 Å². The Morgan fingerprint density at radius 2 is 2.11 bits per heavy atom. The average molecular weight is 260 g/mol. The van der Waals surface area contributed by atoms with E-state index in [9.17, 15) is 9.59 Å². The molecule has 0 radical (unpaired) electrons. The standard InChI is InChI=1S/C15H20N2O2/c1-2-3-10-16-14(18)11-17-13-7-5-4-6-12(13)8-9-15(17)19/h4-7H,2-3,8-11H2,1H3,(H,16,18). The van der Waals surface area contributed by atoms with Crippen LogP contribution in [0.5, 0.6) is 0 Å². The molecule has 1 aromatic carbocycles. The van der Waals surface area contributed by atoms with Crippen LogP contribution < -0.4 is 10.2 Å². The maximum atomic E-state index is 12.0. The second kappa shape index (κ2) is 6.36. The summed E-state index contributed by atoms with van der Waals surface area (Å²) in [6.45, 7) is 2.88. The van der Waals surface area contributed by atoms with E-state index in [-0.39, 0.29) is 18.4 Å². The number of nitrogens with zero attached hydrogens (tertiary/aromatic N) is 1. The van der Waals surface area contributed by atoms with Crippen LogP contribution in [0.3, 0.4) is 0 Å². The number of aryl methyl sites for hydroxylation is 1. The van der Waals surface area contributed by atoms with E-state index in [2.05, 4.69) is 12.2 Å². The van der Waals surface area contributed by atoms with Gasteiger partial charge in [0.15, 0.2) is 0 Å². The van der Waals surface area contributed by atoms with Crippen molar-refractivity contribution in [2.24, 2.45) is 0 Å².